The molecule has 0 spiro atoms. The van der Waals surface area contributed by atoms with E-state index in [9.17, 15) is 13.2 Å². The Morgan fingerprint density at radius 2 is 1.77 bits per heavy atom. The number of ether oxygens (including phenoxy) is 1. The lowest BCUT2D eigenvalue weighted by Gasteiger charge is -2.31. The summed E-state index contributed by atoms with van der Waals surface area (Å²) in [7, 11) is -3.53. The Morgan fingerprint density at radius 3 is 2.27 bits per heavy atom. The van der Waals surface area contributed by atoms with Crippen LogP contribution in [0.3, 0.4) is 0 Å². The minimum Gasteiger partial charge on any atom is -0.494 e. The molecule has 0 aliphatic carbocycles. The molecule has 0 saturated carbocycles. The zero-order valence-corrected chi connectivity index (χ0v) is 16.9. The average molecular weight is 383 g/mol. The number of hydrogen-bond donors (Lipinski definition) is 1. The van der Waals surface area contributed by atoms with Gasteiger partial charge >= 0.3 is 0 Å². The maximum atomic E-state index is 12.8. The highest BCUT2D eigenvalue weighted by Gasteiger charge is 2.32. The molecule has 1 heterocycles. The summed E-state index contributed by atoms with van der Waals surface area (Å²) in [6.45, 7) is 9.28. The summed E-state index contributed by atoms with van der Waals surface area (Å²) >= 11 is 0. The lowest BCUT2D eigenvalue weighted by atomic mass is 9.96. The van der Waals surface area contributed by atoms with Crippen LogP contribution in [-0.2, 0) is 14.8 Å². The molecule has 1 atom stereocenters. The van der Waals surface area contributed by atoms with E-state index in [1.807, 2.05) is 13.8 Å². The molecule has 0 radical (unpaired) electrons. The van der Waals surface area contributed by atoms with Crippen LogP contribution >= 0.6 is 0 Å². The van der Waals surface area contributed by atoms with Crippen LogP contribution in [0.2, 0.25) is 0 Å². The summed E-state index contributed by atoms with van der Waals surface area (Å²) in [6, 6.07) is 6.61. The molecule has 0 bridgehead atoms. The van der Waals surface area contributed by atoms with E-state index in [1.54, 1.807) is 24.3 Å². The highest BCUT2D eigenvalue weighted by molar-refractivity contribution is 7.89. The standard InChI is InChI=1S/C19H30N2O4S/c1-5-25-17-6-8-18(9-7-17)26(23,24)21-12-10-16(11-13-21)19(22)20-15(4)14(2)3/h6-9,14-16H,5,10-13H2,1-4H3,(H,20,22). The van der Waals surface area contributed by atoms with Crippen molar-refractivity contribution >= 4 is 15.9 Å². The lowest BCUT2D eigenvalue weighted by molar-refractivity contribution is -0.127. The van der Waals surface area contributed by atoms with E-state index in [0.717, 1.165) is 0 Å². The van der Waals surface area contributed by atoms with E-state index in [4.69, 9.17) is 4.74 Å². The monoisotopic (exact) mass is 382 g/mol. The third kappa shape index (κ3) is 4.98. The van der Waals surface area contributed by atoms with Gasteiger partial charge in [0.1, 0.15) is 5.75 Å². The number of nitrogens with zero attached hydrogens (tertiary/aromatic N) is 1. The summed E-state index contributed by atoms with van der Waals surface area (Å²) in [6.07, 6.45) is 1.10. The Morgan fingerprint density at radius 1 is 1.19 bits per heavy atom. The SMILES string of the molecule is CCOc1ccc(S(=O)(=O)N2CCC(C(=O)NC(C)C(C)C)CC2)cc1. The molecule has 7 heteroatoms. The van der Waals surface area contributed by atoms with Gasteiger partial charge in [-0.25, -0.2) is 8.42 Å². The maximum absolute atomic E-state index is 12.8. The minimum absolute atomic E-state index is 0.0318. The van der Waals surface area contributed by atoms with Gasteiger partial charge in [-0.3, -0.25) is 4.79 Å². The molecule has 1 aromatic carbocycles. The van der Waals surface area contributed by atoms with Gasteiger partial charge in [0.15, 0.2) is 0 Å². The Kier molecular flexibility index (Phi) is 7.06. The Hall–Kier alpha value is -1.60. The van der Waals surface area contributed by atoms with Gasteiger partial charge in [-0.1, -0.05) is 13.8 Å². The predicted molar refractivity (Wildman–Crippen MR) is 102 cm³/mol. The second-order valence-corrected chi connectivity index (χ2v) is 9.06. The maximum Gasteiger partial charge on any atom is 0.243 e. The third-order valence-electron chi connectivity index (χ3n) is 4.97. The van der Waals surface area contributed by atoms with Crippen molar-refractivity contribution in [3.8, 4) is 5.75 Å². The van der Waals surface area contributed by atoms with Crippen LogP contribution in [0.4, 0.5) is 0 Å². The van der Waals surface area contributed by atoms with Gasteiger partial charge in [0.25, 0.3) is 0 Å². The van der Waals surface area contributed by atoms with E-state index in [1.165, 1.54) is 4.31 Å². The van der Waals surface area contributed by atoms with Crippen LogP contribution in [0.25, 0.3) is 0 Å². The van der Waals surface area contributed by atoms with E-state index < -0.39 is 10.0 Å². The molecule has 1 N–H and O–H groups in total. The van der Waals surface area contributed by atoms with Crippen LogP contribution in [-0.4, -0.2) is 44.4 Å². The van der Waals surface area contributed by atoms with E-state index in [0.29, 0.717) is 44.2 Å². The van der Waals surface area contributed by atoms with Gasteiger partial charge in [0.05, 0.1) is 11.5 Å². The van der Waals surface area contributed by atoms with Gasteiger partial charge in [-0.15, -0.1) is 0 Å². The Bertz CT molecular complexity index is 693. The molecule has 1 fully saturated rings. The number of piperidine rings is 1. The van der Waals surface area contributed by atoms with E-state index in [2.05, 4.69) is 19.2 Å². The highest BCUT2D eigenvalue weighted by atomic mass is 32.2. The number of carbonyl (C=O) groups excluding carboxylic acids is 1. The number of amides is 1. The summed E-state index contributed by atoms with van der Waals surface area (Å²) in [4.78, 5) is 12.6. The second kappa shape index (κ2) is 8.86. The molecule has 1 aliphatic rings. The molecule has 2 rings (SSSR count). The predicted octanol–water partition coefficient (Wildman–Crippen LogP) is 2.65. The van der Waals surface area contributed by atoms with Crippen molar-refractivity contribution in [3.05, 3.63) is 24.3 Å². The van der Waals surface area contributed by atoms with Crippen molar-refractivity contribution in [3.63, 3.8) is 0 Å². The van der Waals surface area contributed by atoms with Crippen LogP contribution in [0.15, 0.2) is 29.2 Å². The third-order valence-corrected chi connectivity index (χ3v) is 6.88. The van der Waals surface area contributed by atoms with E-state index >= 15 is 0 Å². The topological polar surface area (TPSA) is 75.7 Å². The normalized spacial score (nSPS) is 17.9. The molecule has 146 valence electrons. The Balaban J connectivity index is 1.96. The van der Waals surface area contributed by atoms with Gasteiger partial charge in [0, 0.05) is 25.0 Å². The van der Waals surface area contributed by atoms with Crippen LogP contribution in [0, 0.1) is 11.8 Å². The first kappa shape index (κ1) is 20.7. The molecular formula is C19H30N2O4S. The molecule has 1 aromatic rings. The molecule has 1 amide bonds. The first-order valence-electron chi connectivity index (χ1n) is 9.29. The Labute approximate surface area is 157 Å². The molecule has 1 unspecified atom stereocenters. The fourth-order valence-electron chi connectivity index (χ4n) is 2.89. The number of benzene rings is 1. The van der Waals surface area contributed by atoms with Gasteiger partial charge < -0.3 is 10.1 Å². The fourth-order valence-corrected chi connectivity index (χ4v) is 4.36. The van der Waals surface area contributed by atoms with Gasteiger partial charge in [0.2, 0.25) is 15.9 Å². The van der Waals surface area contributed by atoms with Crippen molar-refractivity contribution in [2.45, 2.75) is 51.5 Å². The fraction of sp³-hybridized carbons (Fsp3) is 0.632. The average Bonchev–Trinajstić information content (AvgIpc) is 2.62. The summed E-state index contributed by atoms with van der Waals surface area (Å²) < 4.78 is 32.4. The van der Waals surface area contributed by atoms with Gasteiger partial charge in [-0.05, 0) is 56.9 Å². The van der Waals surface area contributed by atoms with E-state index in [-0.39, 0.29) is 22.8 Å². The van der Waals surface area contributed by atoms with Crippen molar-refractivity contribution in [2.24, 2.45) is 11.8 Å². The smallest absolute Gasteiger partial charge is 0.243 e. The zero-order valence-electron chi connectivity index (χ0n) is 16.1. The first-order valence-corrected chi connectivity index (χ1v) is 10.7. The molecule has 0 aromatic heterocycles. The first-order chi connectivity index (χ1) is 12.3. The number of hydrogen-bond acceptors (Lipinski definition) is 4. The molecular weight excluding hydrogens is 352 g/mol. The number of carbonyl (C=O) groups is 1. The van der Waals surface area contributed by atoms with Gasteiger partial charge in [-0.2, -0.15) is 4.31 Å². The second-order valence-electron chi connectivity index (χ2n) is 7.12. The van der Waals surface area contributed by atoms with Crippen LogP contribution in [0.1, 0.15) is 40.5 Å². The molecule has 26 heavy (non-hydrogen) atoms. The van der Waals surface area contributed by atoms with Crippen LogP contribution < -0.4 is 10.1 Å². The summed E-state index contributed by atoms with van der Waals surface area (Å²) in [5.74, 6) is 0.937. The summed E-state index contributed by atoms with van der Waals surface area (Å²) in [5, 5.41) is 3.03. The quantitative estimate of drug-likeness (QED) is 0.787. The van der Waals surface area contributed by atoms with Crippen molar-refractivity contribution < 1.29 is 17.9 Å². The zero-order chi connectivity index (χ0) is 19.3. The lowest BCUT2D eigenvalue weighted by Crippen LogP contribution is -2.45. The number of nitrogens with one attached hydrogen (secondary N) is 1. The molecule has 6 nitrogen and oxygen atoms in total. The number of sulfonamides is 1. The molecule has 1 saturated heterocycles. The molecule has 1 aliphatic heterocycles. The van der Waals surface area contributed by atoms with Crippen molar-refractivity contribution in [1.82, 2.24) is 9.62 Å². The number of rotatable bonds is 7. The van der Waals surface area contributed by atoms with Crippen molar-refractivity contribution in [1.29, 1.82) is 0 Å². The minimum atomic E-state index is -3.53. The van der Waals surface area contributed by atoms with Crippen LogP contribution in [0.5, 0.6) is 5.75 Å². The summed E-state index contributed by atoms with van der Waals surface area (Å²) in [5.41, 5.74) is 0. The largest absolute Gasteiger partial charge is 0.494 e. The highest BCUT2D eigenvalue weighted by Crippen LogP contribution is 2.25. The van der Waals surface area contributed by atoms with Crippen molar-refractivity contribution in [2.75, 3.05) is 19.7 Å².